The zero-order valence-corrected chi connectivity index (χ0v) is 9.33. The van der Waals surface area contributed by atoms with Crippen LogP contribution in [0.1, 0.15) is 12.8 Å². The first-order valence-electron chi connectivity index (χ1n) is 4.01. The smallest absolute Gasteiger partial charge is 0.220 e. The van der Waals surface area contributed by atoms with Crippen molar-refractivity contribution in [1.29, 1.82) is 0 Å². The van der Waals surface area contributed by atoms with E-state index in [9.17, 15) is 13.2 Å². The van der Waals surface area contributed by atoms with Gasteiger partial charge in [0.05, 0.1) is 5.75 Å². The molecule has 0 spiro atoms. The van der Waals surface area contributed by atoms with Gasteiger partial charge in [-0.25, -0.2) is 8.42 Å². The second-order valence-corrected chi connectivity index (χ2v) is 5.51. The van der Waals surface area contributed by atoms with Crippen molar-refractivity contribution in [2.24, 2.45) is 0 Å². The van der Waals surface area contributed by atoms with Crippen LogP contribution in [0, 0.1) is 0 Å². The number of hydrogen-bond donors (Lipinski definition) is 2. The van der Waals surface area contributed by atoms with Crippen molar-refractivity contribution in [2.75, 3.05) is 24.3 Å². The number of carbonyl (C=O) groups is 1. The first-order chi connectivity index (χ1) is 5.95. The van der Waals surface area contributed by atoms with Gasteiger partial charge < -0.3 is 5.32 Å². The van der Waals surface area contributed by atoms with E-state index in [1.54, 1.807) is 0 Å². The van der Waals surface area contributed by atoms with E-state index in [1.165, 1.54) is 6.26 Å². The largest absolute Gasteiger partial charge is 0.356 e. The Kier molecular flexibility index (Phi) is 6.15. The summed E-state index contributed by atoms with van der Waals surface area (Å²) in [5, 5.41) is 2.60. The van der Waals surface area contributed by atoms with Gasteiger partial charge in [0.1, 0.15) is 9.84 Å². The molecule has 4 nitrogen and oxygen atoms in total. The minimum atomic E-state index is -2.90. The zero-order valence-electron chi connectivity index (χ0n) is 7.62. The summed E-state index contributed by atoms with van der Waals surface area (Å²) < 4.78 is 21.4. The number of nitrogens with one attached hydrogen (secondary N) is 1. The van der Waals surface area contributed by atoms with Gasteiger partial charge in [-0.3, -0.25) is 4.79 Å². The van der Waals surface area contributed by atoms with Crippen LogP contribution in [-0.4, -0.2) is 38.6 Å². The summed E-state index contributed by atoms with van der Waals surface area (Å²) >= 11 is 3.89. The molecule has 0 rings (SSSR count). The van der Waals surface area contributed by atoms with Crippen LogP contribution in [0.5, 0.6) is 0 Å². The minimum Gasteiger partial charge on any atom is -0.356 e. The molecule has 0 atom stereocenters. The number of rotatable bonds is 6. The van der Waals surface area contributed by atoms with Gasteiger partial charge >= 0.3 is 0 Å². The molecule has 0 aromatic heterocycles. The summed E-state index contributed by atoms with van der Waals surface area (Å²) in [5.74, 6) is 0.551. The highest BCUT2D eigenvalue weighted by Crippen LogP contribution is 1.88. The van der Waals surface area contributed by atoms with Crippen molar-refractivity contribution in [3.8, 4) is 0 Å². The van der Waals surface area contributed by atoms with Crippen LogP contribution in [0.4, 0.5) is 0 Å². The Morgan fingerprint density at radius 3 is 2.54 bits per heavy atom. The second-order valence-electron chi connectivity index (χ2n) is 2.81. The van der Waals surface area contributed by atoms with Crippen molar-refractivity contribution < 1.29 is 13.2 Å². The Morgan fingerprint density at radius 2 is 2.08 bits per heavy atom. The molecule has 0 aromatic carbocycles. The third kappa shape index (κ3) is 9.69. The van der Waals surface area contributed by atoms with E-state index in [1.807, 2.05) is 0 Å². The van der Waals surface area contributed by atoms with Crippen LogP contribution in [0.3, 0.4) is 0 Å². The topological polar surface area (TPSA) is 63.2 Å². The third-order valence-corrected chi connectivity index (χ3v) is 2.61. The van der Waals surface area contributed by atoms with Crippen LogP contribution in [0.2, 0.25) is 0 Å². The van der Waals surface area contributed by atoms with Crippen LogP contribution < -0.4 is 5.32 Å². The Balaban J connectivity index is 3.41. The maximum absolute atomic E-state index is 10.9. The lowest BCUT2D eigenvalue weighted by atomic mass is 10.4. The molecule has 0 saturated carbocycles. The van der Waals surface area contributed by atoms with E-state index in [-0.39, 0.29) is 11.7 Å². The van der Waals surface area contributed by atoms with Gasteiger partial charge in [-0.15, -0.1) is 0 Å². The molecular weight excluding hydrogens is 210 g/mol. The molecule has 6 heteroatoms. The lowest BCUT2D eigenvalue weighted by molar-refractivity contribution is -0.120. The number of sulfone groups is 1. The van der Waals surface area contributed by atoms with Crippen molar-refractivity contribution >= 4 is 28.4 Å². The monoisotopic (exact) mass is 225 g/mol. The summed E-state index contributed by atoms with van der Waals surface area (Å²) in [6.45, 7) is 0.416. The Labute approximate surface area is 84.4 Å². The Hall–Kier alpha value is -0.230. The molecule has 0 unspecified atom stereocenters. The van der Waals surface area contributed by atoms with Gasteiger partial charge in [-0.2, -0.15) is 12.6 Å². The predicted molar refractivity (Wildman–Crippen MR) is 55.8 cm³/mol. The van der Waals surface area contributed by atoms with E-state index in [4.69, 9.17) is 0 Å². The number of amides is 1. The molecular formula is C7H15NO3S2. The molecule has 0 aliphatic carbocycles. The molecule has 0 aliphatic rings. The molecule has 1 N–H and O–H groups in total. The Morgan fingerprint density at radius 1 is 1.46 bits per heavy atom. The second kappa shape index (κ2) is 6.26. The van der Waals surface area contributed by atoms with Crippen LogP contribution >= 0.6 is 12.6 Å². The average Bonchev–Trinajstić information content (AvgIpc) is 1.97. The van der Waals surface area contributed by atoms with E-state index in [0.717, 1.165) is 0 Å². The summed E-state index contributed by atoms with van der Waals surface area (Å²) in [7, 11) is -2.90. The maximum Gasteiger partial charge on any atom is 0.220 e. The summed E-state index contributed by atoms with van der Waals surface area (Å²) in [6.07, 6.45) is 2.03. The standard InChI is InChI=1S/C7H15NO3S2/c1-13(10,11)6-2-4-8-7(9)3-5-12/h12H,2-6H2,1H3,(H,8,9). The summed E-state index contributed by atoms with van der Waals surface area (Å²) in [4.78, 5) is 10.9. The van der Waals surface area contributed by atoms with E-state index in [0.29, 0.717) is 25.1 Å². The van der Waals surface area contributed by atoms with Crippen molar-refractivity contribution in [2.45, 2.75) is 12.8 Å². The number of hydrogen-bond acceptors (Lipinski definition) is 4. The van der Waals surface area contributed by atoms with Gasteiger partial charge in [-0.05, 0) is 12.2 Å². The zero-order chi connectivity index (χ0) is 10.3. The Bertz CT molecular complexity index is 248. The molecule has 0 saturated heterocycles. The van der Waals surface area contributed by atoms with Crippen LogP contribution in [-0.2, 0) is 14.6 Å². The first kappa shape index (κ1) is 12.8. The molecule has 1 amide bonds. The van der Waals surface area contributed by atoms with Crippen molar-refractivity contribution in [3.63, 3.8) is 0 Å². The molecule has 0 fully saturated rings. The summed E-state index contributed by atoms with van der Waals surface area (Å²) in [6, 6.07) is 0. The third-order valence-electron chi connectivity index (χ3n) is 1.35. The van der Waals surface area contributed by atoms with Crippen LogP contribution in [0.15, 0.2) is 0 Å². The molecule has 0 aromatic rings. The summed E-state index contributed by atoms with van der Waals surface area (Å²) in [5.41, 5.74) is 0. The van der Waals surface area contributed by atoms with E-state index >= 15 is 0 Å². The highest BCUT2D eigenvalue weighted by molar-refractivity contribution is 7.90. The van der Waals surface area contributed by atoms with E-state index < -0.39 is 9.84 Å². The van der Waals surface area contributed by atoms with Crippen LogP contribution in [0.25, 0.3) is 0 Å². The highest BCUT2D eigenvalue weighted by Gasteiger charge is 2.02. The molecule has 0 heterocycles. The first-order valence-corrected chi connectivity index (χ1v) is 6.70. The fourth-order valence-corrected chi connectivity index (χ4v) is 1.62. The SMILES string of the molecule is CS(=O)(=O)CCCNC(=O)CCS. The fraction of sp³-hybridized carbons (Fsp3) is 0.857. The molecule has 13 heavy (non-hydrogen) atoms. The number of thiol groups is 1. The molecule has 0 aliphatic heterocycles. The normalized spacial score (nSPS) is 11.2. The van der Waals surface area contributed by atoms with Gasteiger partial charge in [0, 0.05) is 19.2 Å². The lowest BCUT2D eigenvalue weighted by Crippen LogP contribution is -2.25. The van der Waals surface area contributed by atoms with Gasteiger partial charge in [0.15, 0.2) is 0 Å². The van der Waals surface area contributed by atoms with Crippen molar-refractivity contribution in [1.82, 2.24) is 5.32 Å². The van der Waals surface area contributed by atoms with Gasteiger partial charge in [0.25, 0.3) is 0 Å². The maximum atomic E-state index is 10.9. The van der Waals surface area contributed by atoms with Gasteiger partial charge in [-0.1, -0.05) is 0 Å². The molecule has 0 bridgehead atoms. The highest BCUT2D eigenvalue weighted by atomic mass is 32.2. The fourth-order valence-electron chi connectivity index (χ4n) is 0.752. The van der Waals surface area contributed by atoms with E-state index in [2.05, 4.69) is 17.9 Å². The van der Waals surface area contributed by atoms with Gasteiger partial charge in [0.2, 0.25) is 5.91 Å². The average molecular weight is 225 g/mol. The van der Waals surface area contributed by atoms with Crippen molar-refractivity contribution in [3.05, 3.63) is 0 Å². The lowest BCUT2D eigenvalue weighted by Gasteiger charge is -2.02. The predicted octanol–water partition coefficient (Wildman–Crippen LogP) is -0.143. The number of carbonyl (C=O) groups excluding carboxylic acids is 1. The minimum absolute atomic E-state index is 0.0801. The molecule has 78 valence electrons. The molecule has 0 radical (unpaired) electrons. The quantitative estimate of drug-likeness (QED) is 0.488.